The first-order valence-corrected chi connectivity index (χ1v) is 7.18. The summed E-state index contributed by atoms with van der Waals surface area (Å²) in [7, 11) is 0. The summed E-state index contributed by atoms with van der Waals surface area (Å²) in [6.07, 6.45) is 4.74. The van der Waals surface area contributed by atoms with E-state index in [-0.39, 0.29) is 17.0 Å². The van der Waals surface area contributed by atoms with Crippen LogP contribution in [0.1, 0.15) is 60.3 Å². The third-order valence-corrected chi connectivity index (χ3v) is 4.60. The third-order valence-electron chi connectivity index (χ3n) is 4.60. The van der Waals surface area contributed by atoms with Crippen molar-refractivity contribution in [3.8, 4) is 0 Å². The third kappa shape index (κ3) is 2.71. The van der Waals surface area contributed by atoms with Crippen molar-refractivity contribution in [3.05, 3.63) is 0 Å². The Morgan fingerprint density at radius 1 is 1.28 bits per heavy atom. The molecule has 18 heavy (non-hydrogen) atoms. The van der Waals surface area contributed by atoms with Crippen molar-refractivity contribution in [2.45, 2.75) is 77.5 Å². The molecule has 1 saturated carbocycles. The van der Waals surface area contributed by atoms with Crippen molar-refractivity contribution in [1.29, 1.82) is 0 Å². The van der Waals surface area contributed by atoms with Crippen LogP contribution < -0.4 is 5.32 Å². The first kappa shape index (κ1) is 13.9. The molecule has 104 valence electrons. The summed E-state index contributed by atoms with van der Waals surface area (Å²) in [5.74, 6) is 1.28. The molecule has 1 amide bonds. The topological polar surface area (TPSA) is 38.3 Å². The summed E-state index contributed by atoms with van der Waals surface area (Å²) in [5, 5.41) is 3.21. The van der Waals surface area contributed by atoms with Crippen LogP contribution in [0.25, 0.3) is 0 Å². The lowest BCUT2D eigenvalue weighted by molar-refractivity contribution is -0.186. The normalized spacial score (nSPS) is 43.1. The van der Waals surface area contributed by atoms with Crippen molar-refractivity contribution in [1.82, 2.24) is 5.32 Å². The Labute approximate surface area is 111 Å². The van der Waals surface area contributed by atoms with Crippen LogP contribution >= 0.6 is 0 Å². The number of ether oxygens (including phenoxy) is 1. The number of fused-ring (bicyclic) bond motifs is 1. The van der Waals surface area contributed by atoms with Crippen molar-refractivity contribution in [2.24, 2.45) is 11.8 Å². The fourth-order valence-corrected chi connectivity index (χ4v) is 4.19. The Hall–Kier alpha value is -0.570. The standard InChI is InChI=1S/C15H27NO2/c1-10-6-7-12-13(8-10)18-14(3,4)9-15(12,5)16-11(2)17/h10,12-13H,6-9H2,1-5H3,(H,16,17)/t10-,12-,13-,15+/m1/s1. The molecule has 0 unspecified atom stereocenters. The van der Waals surface area contributed by atoms with E-state index in [0.717, 1.165) is 18.8 Å². The summed E-state index contributed by atoms with van der Waals surface area (Å²) < 4.78 is 6.27. The SMILES string of the molecule is CC(=O)N[C@@]1(C)CC(C)(C)O[C@@H]2C[C@H](C)CC[C@H]21. The second-order valence-corrected chi connectivity index (χ2v) is 7.22. The molecular weight excluding hydrogens is 226 g/mol. The average molecular weight is 253 g/mol. The Kier molecular flexibility index (Phi) is 3.48. The predicted molar refractivity (Wildman–Crippen MR) is 72.3 cm³/mol. The smallest absolute Gasteiger partial charge is 0.217 e. The maximum Gasteiger partial charge on any atom is 0.217 e. The molecule has 0 bridgehead atoms. The lowest BCUT2D eigenvalue weighted by atomic mass is 9.65. The average Bonchev–Trinajstić information content (AvgIpc) is 2.11. The van der Waals surface area contributed by atoms with Gasteiger partial charge in [0, 0.05) is 18.4 Å². The highest BCUT2D eigenvalue weighted by Gasteiger charge is 2.51. The van der Waals surface area contributed by atoms with Crippen LogP contribution in [-0.4, -0.2) is 23.2 Å². The monoisotopic (exact) mass is 253 g/mol. The molecule has 1 N–H and O–H groups in total. The number of carbonyl (C=O) groups is 1. The quantitative estimate of drug-likeness (QED) is 0.780. The largest absolute Gasteiger partial charge is 0.372 e. The Morgan fingerprint density at radius 3 is 2.56 bits per heavy atom. The summed E-state index contributed by atoms with van der Waals surface area (Å²) >= 11 is 0. The number of hydrogen-bond donors (Lipinski definition) is 1. The summed E-state index contributed by atoms with van der Waals surface area (Å²) in [6.45, 7) is 10.4. The zero-order valence-electron chi connectivity index (χ0n) is 12.4. The van der Waals surface area contributed by atoms with Crippen molar-refractivity contribution < 1.29 is 9.53 Å². The van der Waals surface area contributed by atoms with Gasteiger partial charge in [0.25, 0.3) is 0 Å². The second-order valence-electron chi connectivity index (χ2n) is 7.22. The van der Waals surface area contributed by atoms with Crippen LogP contribution in [0.5, 0.6) is 0 Å². The predicted octanol–water partition coefficient (Wildman–Crippen LogP) is 2.88. The first-order valence-electron chi connectivity index (χ1n) is 7.18. The van der Waals surface area contributed by atoms with E-state index in [1.165, 1.54) is 12.8 Å². The second kappa shape index (κ2) is 4.52. The van der Waals surface area contributed by atoms with Crippen molar-refractivity contribution >= 4 is 5.91 Å². The molecule has 0 aromatic rings. The molecule has 0 radical (unpaired) electrons. The molecule has 0 aromatic heterocycles. The minimum absolute atomic E-state index is 0.0765. The number of hydrogen-bond acceptors (Lipinski definition) is 2. The van der Waals surface area contributed by atoms with E-state index in [1.54, 1.807) is 6.92 Å². The van der Waals surface area contributed by atoms with Gasteiger partial charge in [-0.3, -0.25) is 4.79 Å². The summed E-state index contributed by atoms with van der Waals surface area (Å²) in [5.41, 5.74) is -0.256. The highest BCUT2D eigenvalue weighted by molar-refractivity contribution is 5.73. The molecule has 1 aliphatic carbocycles. The van der Waals surface area contributed by atoms with Gasteiger partial charge in [-0.25, -0.2) is 0 Å². The number of amides is 1. The number of nitrogens with one attached hydrogen (secondary N) is 1. The van der Waals surface area contributed by atoms with E-state index in [9.17, 15) is 4.79 Å². The van der Waals surface area contributed by atoms with Gasteiger partial charge >= 0.3 is 0 Å². The Balaban J connectivity index is 2.24. The molecule has 0 aromatic carbocycles. The fourth-order valence-electron chi connectivity index (χ4n) is 4.19. The molecule has 0 spiro atoms. The van der Waals surface area contributed by atoms with E-state index in [1.807, 2.05) is 0 Å². The van der Waals surface area contributed by atoms with E-state index in [4.69, 9.17) is 4.74 Å². The van der Waals surface area contributed by atoms with Gasteiger partial charge in [0.1, 0.15) is 0 Å². The van der Waals surface area contributed by atoms with Crippen LogP contribution in [0, 0.1) is 11.8 Å². The Morgan fingerprint density at radius 2 is 1.94 bits per heavy atom. The maximum atomic E-state index is 11.5. The van der Waals surface area contributed by atoms with Gasteiger partial charge in [-0.15, -0.1) is 0 Å². The Bertz CT molecular complexity index is 339. The van der Waals surface area contributed by atoms with Gasteiger partial charge < -0.3 is 10.1 Å². The van der Waals surface area contributed by atoms with E-state index in [0.29, 0.717) is 12.0 Å². The molecule has 2 fully saturated rings. The van der Waals surface area contributed by atoms with Gasteiger partial charge in [-0.2, -0.15) is 0 Å². The minimum atomic E-state index is -0.143. The number of carbonyl (C=O) groups excluding carboxylic acids is 1. The lowest BCUT2D eigenvalue weighted by Gasteiger charge is -2.55. The summed E-state index contributed by atoms with van der Waals surface area (Å²) in [4.78, 5) is 11.5. The van der Waals surface area contributed by atoms with E-state index in [2.05, 4.69) is 33.0 Å². The molecule has 1 saturated heterocycles. The fraction of sp³-hybridized carbons (Fsp3) is 0.933. The van der Waals surface area contributed by atoms with Crippen molar-refractivity contribution in [3.63, 3.8) is 0 Å². The molecule has 4 atom stereocenters. The maximum absolute atomic E-state index is 11.5. The van der Waals surface area contributed by atoms with Crippen LogP contribution in [0.15, 0.2) is 0 Å². The van der Waals surface area contributed by atoms with Gasteiger partial charge in [0.2, 0.25) is 5.91 Å². The molecule has 3 nitrogen and oxygen atoms in total. The molecular formula is C15H27NO2. The van der Waals surface area contributed by atoms with Crippen LogP contribution in [-0.2, 0) is 9.53 Å². The van der Waals surface area contributed by atoms with Gasteiger partial charge in [0.15, 0.2) is 0 Å². The zero-order valence-corrected chi connectivity index (χ0v) is 12.4. The molecule has 3 heteroatoms. The first-order chi connectivity index (χ1) is 8.22. The minimum Gasteiger partial charge on any atom is -0.372 e. The van der Waals surface area contributed by atoms with Crippen LogP contribution in [0.3, 0.4) is 0 Å². The van der Waals surface area contributed by atoms with E-state index >= 15 is 0 Å². The number of rotatable bonds is 1. The van der Waals surface area contributed by atoms with Gasteiger partial charge in [-0.05, 0) is 46.0 Å². The van der Waals surface area contributed by atoms with Gasteiger partial charge in [-0.1, -0.05) is 13.3 Å². The molecule has 1 heterocycles. The highest BCUT2D eigenvalue weighted by Crippen LogP contribution is 2.46. The summed E-state index contributed by atoms with van der Waals surface area (Å²) in [6, 6.07) is 0. The lowest BCUT2D eigenvalue weighted by Crippen LogP contribution is -2.63. The van der Waals surface area contributed by atoms with E-state index < -0.39 is 0 Å². The zero-order chi connectivity index (χ0) is 13.6. The molecule has 1 aliphatic heterocycles. The highest BCUT2D eigenvalue weighted by atomic mass is 16.5. The molecule has 2 rings (SSSR count). The van der Waals surface area contributed by atoms with Crippen LogP contribution in [0.4, 0.5) is 0 Å². The van der Waals surface area contributed by atoms with Crippen molar-refractivity contribution in [2.75, 3.05) is 0 Å². The molecule has 2 aliphatic rings. The van der Waals surface area contributed by atoms with Gasteiger partial charge in [0.05, 0.1) is 11.7 Å². The van der Waals surface area contributed by atoms with Crippen LogP contribution in [0.2, 0.25) is 0 Å².